The van der Waals surface area contributed by atoms with Gasteiger partial charge in [0.25, 0.3) is 0 Å². The first kappa shape index (κ1) is 19.2. The third-order valence-electron chi connectivity index (χ3n) is 4.66. The number of benzene rings is 2. The minimum Gasteiger partial charge on any atom is -0.508 e. The summed E-state index contributed by atoms with van der Waals surface area (Å²) in [4.78, 5) is 12.6. The highest BCUT2D eigenvalue weighted by molar-refractivity contribution is 7.92. The Balaban J connectivity index is 1.73. The van der Waals surface area contributed by atoms with Gasteiger partial charge in [0, 0.05) is 24.7 Å². The first-order valence-electron chi connectivity index (χ1n) is 8.79. The first-order chi connectivity index (χ1) is 12.6. The number of sulfone groups is 1. The van der Waals surface area contributed by atoms with Crippen LogP contribution in [-0.2, 0) is 20.0 Å². The van der Waals surface area contributed by atoms with E-state index < -0.39 is 21.0 Å². The van der Waals surface area contributed by atoms with E-state index in [1.165, 1.54) is 6.07 Å². The number of nitrogens with one attached hydrogen (secondary N) is 2. The van der Waals surface area contributed by atoms with Gasteiger partial charge in [0.1, 0.15) is 5.75 Å². The zero-order valence-electron chi connectivity index (χ0n) is 15.6. The minimum absolute atomic E-state index is 0.0983. The van der Waals surface area contributed by atoms with Crippen LogP contribution in [0, 0.1) is 0 Å². The number of hydrogen-bond donors (Lipinski definition) is 3. The van der Waals surface area contributed by atoms with E-state index in [2.05, 4.69) is 10.6 Å². The summed E-state index contributed by atoms with van der Waals surface area (Å²) in [7, 11) is -3.58. The molecule has 6 nitrogen and oxygen atoms in total. The molecule has 0 saturated carbocycles. The lowest BCUT2D eigenvalue weighted by Gasteiger charge is -2.26. The highest BCUT2D eigenvalue weighted by Crippen LogP contribution is 2.33. The maximum atomic E-state index is 12.7. The van der Waals surface area contributed by atoms with Crippen LogP contribution in [0.3, 0.4) is 0 Å². The number of carbonyl (C=O) groups is 1. The van der Waals surface area contributed by atoms with Gasteiger partial charge in [-0.3, -0.25) is 4.79 Å². The molecule has 0 aromatic heterocycles. The zero-order chi connectivity index (χ0) is 19.8. The topological polar surface area (TPSA) is 95.5 Å². The molecule has 2 aromatic carbocycles. The molecular weight excluding hydrogens is 364 g/mol. The van der Waals surface area contributed by atoms with Gasteiger partial charge in [0.05, 0.1) is 15.8 Å². The lowest BCUT2D eigenvalue weighted by molar-refractivity contribution is -0.116. The molecule has 0 spiro atoms. The van der Waals surface area contributed by atoms with Gasteiger partial charge < -0.3 is 15.7 Å². The quantitative estimate of drug-likeness (QED) is 0.750. The number of amides is 1. The molecule has 0 saturated heterocycles. The average molecular weight is 388 g/mol. The summed E-state index contributed by atoms with van der Waals surface area (Å²) in [6, 6.07) is 11.7. The van der Waals surface area contributed by atoms with E-state index in [0.29, 0.717) is 11.4 Å². The number of fused-ring (bicyclic) bond motifs is 1. The van der Waals surface area contributed by atoms with Gasteiger partial charge in [-0.2, -0.15) is 0 Å². The van der Waals surface area contributed by atoms with Gasteiger partial charge in [-0.05, 0) is 29.2 Å². The molecule has 0 fully saturated rings. The van der Waals surface area contributed by atoms with Crippen molar-refractivity contribution >= 4 is 27.1 Å². The Bertz CT molecular complexity index is 978. The Morgan fingerprint density at radius 3 is 2.59 bits per heavy atom. The minimum atomic E-state index is -3.58. The van der Waals surface area contributed by atoms with Crippen LogP contribution in [0.1, 0.15) is 32.8 Å². The lowest BCUT2D eigenvalue weighted by atomic mass is 9.86. The Morgan fingerprint density at radius 2 is 1.93 bits per heavy atom. The Kier molecular flexibility index (Phi) is 4.90. The molecule has 7 heteroatoms. The van der Waals surface area contributed by atoms with Crippen LogP contribution < -0.4 is 10.6 Å². The van der Waals surface area contributed by atoms with Crippen molar-refractivity contribution in [2.45, 2.75) is 42.8 Å². The number of phenolic OH excluding ortho intramolecular Hbond substituents is 1. The second-order valence-corrected chi connectivity index (χ2v) is 9.97. The fourth-order valence-electron chi connectivity index (χ4n) is 3.22. The van der Waals surface area contributed by atoms with Crippen LogP contribution in [0.15, 0.2) is 47.4 Å². The van der Waals surface area contributed by atoms with E-state index in [-0.39, 0.29) is 29.0 Å². The van der Waals surface area contributed by atoms with Crippen LogP contribution in [-0.4, -0.2) is 31.2 Å². The second-order valence-electron chi connectivity index (χ2n) is 7.78. The molecule has 2 aromatic rings. The number of aromatic hydroxyl groups is 1. The Morgan fingerprint density at radius 1 is 1.22 bits per heavy atom. The van der Waals surface area contributed by atoms with Crippen LogP contribution in [0.5, 0.6) is 5.75 Å². The number of para-hydroxylation sites is 1. The number of anilines is 2. The standard InChI is InChI=1S/C20H24N2O4S/c1-20(2,3)15-9-8-13(10-17(15)23)22-19(24)11-14-12-21-16-6-4-5-7-18(16)27(14,25)26/h4-10,14,21,23H,11-12H2,1-3H3,(H,22,24). The molecule has 1 aliphatic heterocycles. The van der Waals surface area contributed by atoms with Crippen molar-refractivity contribution in [1.82, 2.24) is 0 Å². The number of phenols is 1. The van der Waals surface area contributed by atoms with E-state index in [1.54, 1.807) is 36.4 Å². The van der Waals surface area contributed by atoms with Crippen molar-refractivity contribution in [3.05, 3.63) is 48.0 Å². The third kappa shape index (κ3) is 3.93. The summed E-state index contributed by atoms with van der Waals surface area (Å²) < 4.78 is 25.5. The maximum Gasteiger partial charge on any atom is 0.225 e. The fourth-order valence-corrected chi connectivity index (χ4v) is 4.97. The summed E-state index contributed by atoms with van der Waals surface area (Å²) >= 11 is 0. The van der Waals surface area contributed by atoms with E-state index in [1.807, 2.05) is 20.8 Å². The Hall–Kier alpha value is -2.54. The molecular formula is C20H24N2O4S. The second kappa shape index (κ2) is 6.88. The molecule has 0 aliphatic carbocycles. The molecule has 1 atom stereocenters. The predicted molar refractivity (Wildman–Crippen MR) is 106 cm³/mol. The summed E-state index contributed by atoms with van der Waals surface area (Å²) in [5.41, 5.74) is 1.56. The van der Waals surface area contributed by atoms with Crippen molar-refractivity contribution in [2.75, 3.05) is 17.2 Å². The van der Waals surface area contributed by atoms with Gasteiger partial charge in [0.2, 0.25) is 5.91 Å². The number of carbonyl (C=O) groups excluding carboxylic acids is 1. The molecule has 144 valence electrons. The normalized spacial score (nSPS) is 18.3. The van der Waals surface area contributed by atoms with Gasteiger partial charge >= 0.3 is 0 Å². The highest BCUT2D eigenvalue weighted by Gasteiger charge is 2.35. The average Bonchev–Trinajstić information content (AvgIpc) is 2.56. The SMILES string of the molecule is CC(C)(C)c1ccc(NC(=O)CC2CNc3ccccc3S2(=O)=O)cc1O. The highest BCUT2D eigenvalue weighted by atomic mass is 32.2. The van der Waals surface area contributed by atoms with Crippen molar-refractivity contribution in [3.8, 4) is 5.75 Å². The predicted octanol–water partition coefficient (Wildman–Crippen LogP) is 3.29. The van der Waals surface area contributed by atoms with Gasteiger partial charge in [-0.1, -0.05) is 39.0 Å². The fraction of sp³-hybridized carbons (Fsp3) is 0.350. The van der Waals surface area contributed by atoms with Crippen molar-refractivity contribution in [2.24, 2.45) is 0 Å². The van der Waals surface area contributed by atoms with Crippen molar-refractivity contribution < 1.29 is 18.3 Å². The molecule has 27 heavy (non-hydrogen) atoms. The zero-order valence-corrected chi connectivity index (χ0v) is 16.4. The first-order valence-corrected chi connectivity index (χ1v) is 10.3. The molecule has 1 unspecified atom stereocenters. The van der Waals surface area contributed by atoms with E-state index in [4.69, 9.17) is 0 Å². The molecule has 3 N–H and O–H groups in total. The summed E-state index contributed by atoms with van der Waals surface area (Å²) in [5, 5.41) is 15.1. The maximum absolute atomic E-state index is 12.7. The summed E-state index contributed by atoms with van der Waals surface area (Å²) in [6.07, 6.45) is -0.161. The molecule has 0 radical (unpaired) electrons. The third-order valence-corrected chi connectivity index (χ3v) is 6.84. The largest absolute Gasteiger partial charge is 0.508 e. The molecule has 1 aliphatic rings. The van der Waals surface area contributed by atoms with Crippen molar-refractivity contribution in [3.63, 3.8) is 0 Å². The molecule has 3 rings (SSSR count). The molecule has 0 bridgehead atoms. The lowest BCUT2D eigenvalue weighted by Crippen LogP contribution is -2.37. The Labute approximate surface area is 159 Å². The van der Waals surface area contributed by atoms with Crippen LogP contribution in [0.25, 0.3) is 0 Å². The van der Waals surface area contributed by atoms with Crippen molar-refractivity contribution in [1.29, 1.82) is 0 Å². The van der Waals surface area contributed by atoms with E-state index in [0.717, 1.165) is 5.56 Å². The van der Waals surface area contributed by atoms with Crippen LogP contribution in [0.4, 0.5) is 11.4 Å². The van der Waals surface area contributed by atoms with Crippen LogP contribution in [0.2, 0.25) is 0 Å². The van der Waals surface area contributed by atoms with Gasteiger partial charge in [-0.15, -0.1) is 0 Å². The summed E-state index contributed by atoms with van der Waals surface area (Å²) in [6.45, 7) is 6.14. The smallest absolute Gasteiger partial charge is 0.225 e. The number of rotatable bonds is 3. The van der Waals surface area contributed by atoms with Gasteiger partial charge in [-0.25, -0.2) is 8.42 Å². The number of hydrogen-bond acceptors (Lipinski definition) is 5. The summed E-state index contributed by atoms with van der Waals surface area (Å²) in [5.74, 6) is -0.311. The van der Waals surface area contributed by atoms with E-state index in [9.17, 15) is 18.3 Å². The molecule has 1 amide bonds. The van der Waals surface area contributed by atoms with Crippen LogP contribution >= 0.6 is 0 Å². The monoisotopic (exact) mass is 388 g/mol. The molecule has 1 heterocycles. The van der Waals surface area contributed by atoms with E-state index >= 15 is 0 Å². The van der Waals surface area contributed by atoms with Gasteiger partial charge in [0.15, 0.2) is 9.84 Å².